The van der Waals surface area contributed by atoms with Gasteiger partial charge < -0.3 is 4.74 Å². The molecule has 2 heteroatoms. The maximum absolute atomic E-state index is 11.3. The standard InChI is InChI=1S/C14H16O2/c1-2-11-6-8-13(9-7-11)16-14-5-3-4-12(15)10-14/h2,6-9,14H,1,3-5,10H2. The molecule has 16 heavy (non-hydrogen) atoms. The van der Waals surface area contributed by atoms with E-state index in [1.165, 1.54) is 0 Å². The zero-order valence-electron chi connectivity index (χ0n) is 9.32. The van der Waals surface area contributed by atoms with Crippen molar-refractivity contribution >= 4 is 11.9 Å². The SMILES string of the molecule is C=Cc1ccc(OC2CCCC(=O)C2)cc1. The summed E-state index contributed by atoms with van der Waals surface area (Å²) in [5.74, 6) is 1.16. The fourth-order valence-electron chi connectivity index (χ4n) is 1.96. The molecule has 1 aromatic rings. The summed E-state index contributed by atoms with van der Waals surface area (Å²) in [4.78, 5) is 11.3. The third-order valence-corrected chi connectivity index (χ3v) is 2.86. The van der Waals surface area contributed by atoms with Crippen molar-refractivity contribution in [2.24, 2.45) is 0 Å². The van der Waals surface area contributed by atoms with Crippen LogP contribution in [0.5, 0.6) is 5.75 Å². The number of carbonyl (C=O) groups is 1. The first-order valence-electron chi connectivity index (χ1n) is 5.69. The van der Waals surface area contributed by atoms with E-state index in [9.17, 15) is 4.79 Å². The van der Waals surface area contributed by atoms with Gasteiger partial charge in [0.05, 0.1) is 0 Å². The van der Waals surface area contributed by atoms with Gasteiger partial charge >= 0.3 is 0 Å². The number of carbonyl (C=O) groups excluding carboxylic acids is 1. The predicted molar refractivity (Wildman–Crippen MR) is 64.4 cm³/mol. The van der Waals surface area contributed by atoms with Crippen molar-refractivity contribution in [2.75, 3.05) is 0 Å². The van der Waals surface area contributed by atoms with Crippen LogP contribution in [0.1, 0.15) is 31.2 Å². The highest BCUT2D eigenvalue weighted by molar-refractivity contribution is 5.79. The molecule has 0 saturated heterocycles. The Morgan fingerprint density at radius 3 is 2.69 bits per heavy atom. The number of benzene rings is 1. The molecule has 2 nitrogen and oxygen atoms in total. The van der Waals surface area contributed by atoms with Gasteiger partial charge in [-0.25, -0.2) is 0 Å². The first-order valence-corrected chi connectivity index (χ1v) is 5.69. The molecule has 0 spiro atoms. The summed E-state index contributed by atoms with van der Waals surface area (Å²) in [6, 6.07) is 7.78. The lowest BCUT2D eigenvalue weighted by atomic mass is 9.96. The van der Waals surface area contributed by atoms with Gasteiger partial charge in [-0.1, -0.05) is 24.8 Å². The smallest absolute Gasteiger partial charge is 0.136 e. The van der Waals surface area contributed by atoms with Crippen molar-refractivity contribution in [3.8, 4) is 5.75 Å². The van der Waals surface area contributed by atoms with Crippen LogP contribution in [0, 0.1) is 0 Å². The van der Waals surface area contributed by atoms with Crippen molar-refractivity contribution in [3.63, 3.8) is 0 Å². The van der Waals surface area contributed by atoms with Crippen molar-refractivity contribution < 1.29 is 9.53 Å². The number of hydrogen-bond donors (Lipinski definition) is 0. The van der Waals surface area contributed by atoms with Crippen LogP contribution in [0.2, 0.25) is 0 Å². The van der Waals surface area contributed by atoms with Gasteiger partial charge in [-0.2, -0.15) is 0 Å². The summed E-state index contributed by atoms with van der Waals surface area (Å²) in [6.45, 7) is 3.70. The Balaban J connectivity index is 1.97. The number of ketones is 1. The second kappa shape index (κ2) is 4.97. The molecule has 0 bridgehead atoms. The Kier molecular flexibility index (Phi) is 3.40. The Labute approximate surface area is 95.9 Å². The summed E-state index contributed by atoms with van der Waals surface area (Å²) < 4.78 is 5.77. The van der Waals surface area contributed by atoms with Crippen LogP contribution in [0.15, 0.2) is 30.8 Å². The number of rotatable bonds is 3. The van der Waals surface area contributed by atoms with Crippen LogP contribution in [0.4, 0.5) is 0 Å². The first-order chi connectivity index (χ1) is 7.78. The van der Waals surface area contributed by atoms with Gasteiger partial charge in [-0.3, -0.25) is 4.79 Å². The van der Waals surface area contributed by atoms with Gasteiger partial charge in [0.15, 0.2) is 0 Å². The van der Waals surface area contributed by atoms with E-state index in [-0.39, 0.29) is 6.10 Å². The molecule has 2 rings (SSSR count). The Morgan fingerprint density at radius 2 is 2.06 bits per heavy atom. The monoisotopic (exact) mass is 216 g/mol. The summed E-state index contributed by atoms with van der Waals surface area (Å²) in [6.07, 6.45) is 5.08. The molecule has 0 N–H and O–H groups in total. The van der Waals surface area contributed by atoms with Crippen molar-refractivity contribution in [2.45, 2.75) is 31.8 Å². The molecule has 0 radical (unpaired) electrons. The van der Waals surface area contributed by atoms with E-state index < -0.39 is 0 Å². The fourth-order valence-corrected chi connectivity index (χ4v) is 1.96. The minimum absolute atomic E-state index is 0.0656. The Morgan fingerprint density at radius 1 is 1.31 bits per heavy atom. The normalized spacial score (nSPS) is 20.5. The summed E-state index contributed by atoms with van der Waals surface area (Å²) in [7, 11) is 0. The minimum atomic E-state index is 0.0656. The number of ether oxygens (including phenoxy) is 1. The van der Waals surface area contributed by atoms with Crippen LogP contribution in [-0.4, -0.2) is 11.9 Å². The van der Waals surface area contributed by atoms with E-state index in [2.05, 4.69) is 6.58 Å². The van der Waals surface area contributed by atoms with E-state index in [1.54, 1.807) is 6.08 Å². The molecule has 1 aromatic carbocycles. The zero-order chi connectivity index (χ0) is 11.4. The lowest BCUT2D eigenvalue weighted by molar-refractivity contribution is -0.122. The van der Waals surface area contributed by atoms with Crippen LogP contribution >= 0.6 is 0 Å². The quantitative estimate of drug-likeness (QED) is 0.775. The van der Waals surface area contributed by atoms with Crippen LogP contribution in [0.3, 0.4) is 0 Å². The molecule has 1 saturated carbocycles. The zero-order valence-corrected chi connectivity index (χ0v) is 9.32. The first kappa shape index (κ1) is 10.9. The fraction of sp³-hybridized carbons (Fsp3) is 0.357. The minimum Gasteiger partial charge on any atom is -0.490 e. The van der Waals surface area contributed by atoms with Gasteiger partial charge in [0, 0.05) is 12.8 Å². The van der Waals surface area contributed by atoms with Gasteiger partial charge in [-0.05, 0) is 30.5 Å². The average Bonchev–Trinajstić information content (AvgIpc) is 2.30. The molecule has 1 aliphatic rings. The van der Waals surface area contributed by atoms with E-state index in [1.807, 2.05) is 24.3 Å². The summed E-state index contributed by atoms with van der Waals surface area (Å²) in [5.41, 5.74) is 1.08. The Hall–Kier alpha value is -1.57. The molecule has 1 aliphatic carbocycles. The molecule has 84 valence electrons. The average molecular weight is 216 g/mol. The second-order valence-electron chi connectivity index (χ2n) is 4.15. The Bertz CT molecular complexity index is 378. The van der Waals surface area contributed by atoms with Gasteiger partial charge in [-0.15, -0.1) is 0 Å². The van der Waals surface area contributed by atoms with Crippen LogP contribution in [-0.2, 0) is 4.79 Å². The molecule has 0 aromatic heterocycles. The maximum atomic E-state index is 11.3. The van der Waals surface area contributed by atoms with Gasteiger partial charge in [0.2, 0.25) is 0 Å². The van der Waals surface area contributed by atoms with Gasteiger partial charge in [0.1, 0.15) is 17.6 Å². The lowest BCUT2D eigenvalue weighted by Gasteiger charge is -2.22. The summed E-state index contributed by atoms with van der Waals surface area (Å²) >= 11 is 0. The largest absolute Gasteiger partial charge is 0.490 e. The number of hydrogen-bond acceptors (Lipinski definition) is 2. The molecular weight excluding hydrogens is 200 g/mol. The third kappa shape index (κ3) is 2.72. The number of Topliss-reactive ketones (excluding diaryl/α,β-unsaturated/α-hetero) is 1. The second-order valence-corrected chi connectivity index (χ2v) is 4.15. The van der Waals surface area contributed by atoms with Crippen molar-refractivity contribution in [3.05, 3.63) is 36.4 Å². The summed E-state index contributed by atoms with van der Waals surface area (Å²) in [5, 5.41) is 0. The van der Waals surface area contributed by atoms with E-state index >= 15 is 0 Å². The van der Waals surface area contributed by atoms with Gasteiger partial charge in [0.25, 0.3) is 0 Å². The molecule has 1 unspecified atom stereocenters. The van der Waals surface area contributed by atoms with Crippen molar-refractivity contribution in [1.29, 1.82) is 0 Å². The third-order valence-electron chi connectivity index (χ3n) is 2.86. The van der Waals surface area contributed by atoms with E-state index in [0.29, 0.717) is 12.2 Å². The van der Waals surface area contributed by atoms with E-state index in [0.717, 1.165) is 30.6 Å². The lowest BCUT2D eigenvalue weighted by Crippen LogP contribution is -2.25. The highest BCUT2D eigenvalue weighted by atomic mass is 16.5. The van der Waals surface area contributed by atoms with E-state index in [4.69, 9.17) is 4.74 Å². The molecule has 1 atom stereocenters. The maximum Gasteiger partial charge on any atom is 0.136 e. The van der Waals surface area contributed by atoms with Crippen LogP contribution in [0.25, 0.3) is 6.08 Å². The van der Waals surface area contributed by atoms with Crippen molar-refractivity contribution in [1.82, 2.24) is 0 Å². The molecule has 0 heterocycles. The molecule has 0 aliphatic heterocycles. The topological polar surface area (TPSA) is 26.3 Å². The molecule has 1 fully saturated rings. The predicted octanol–water partition coefficient (Wildman–Crippen LogP) is 3.22. The van der Waals surface area contributed by atoms with Crippen LogP contribution < -0.4 is 4.74 Å². The highest BCUT2D eigenvalue weighted by Gasteiger charge is 2.20. The highest BCUT2D eigenvalue weighted by Crippen LogP contribution is 2.22. The molecule has 0 amide bonds. The molecular formula is C14H16O2.